The zero-order chi connectivity index (χ0) is 22.5. The van der Waals surface area contributed by atoms with Crippen LogP contribution in [-0.2, 0) is 6.54 Å². The van der Waals surface area contributed by atoms with Gasteiger partial charge in [-0.1, -0.05) is 12.1 Å². The Labute approximate surface area is 192 Å². The van der Waals surface area contributed by atoms with Crippen LogP contribution in [0.25, 0.3) is 10.6 Å². The summed E-state index contributed by atoms with van der Waals surface area (Å²) in [5.74, 6) is 2.38. The third kappa shape index (κ3) is 4.71. The van der Waals surface area contributed by atoms with E-state index in [0.717, 1.165) is 53.0 Å². The number of methoxy groups -OCH3 is 3. The van der Waals surface area contributed by atoms with E-state index >= 15 is 0 Å². The summed E-state index contributed by atoms with van der Waals surface area (Å²) in [4.78, 5) is 21.8. The van der Waals surface area contributed by atoms with Crippen LogP contribution in [0.4, 0.5) is 0 Å². The summed E-state index contributed by atoms with van der Waals surface area (Å²) in [6, 6.07) is 13.5. The van der Waals surface area contributed by atoms with Crippen LogP contribution in [0.5, 0.6) is 17.2 Å². The maximum absolute atomic E-state index is 13.0. The Hall–Kier alpha value is -3.10. The number of piperazine rings is 1. The molecule has 7 nitrogen and oxygen atoms in total. The van der Waals surface area contributed by atoms with Crippen LogP contribution >= 0.6 is 11.3 Å². The minimum absolute atomic E-state index is 0.0268. The van der Waals surface area contributed by atoms with Crippen LogP contribution in [-0.4, -0.2) is 68.2 Å². The highest BCUT2D eigenvalue weighted by Gasteiger charge is 2.25. The molecular formula is C24H27N3O4S. The lowest BCUT2D eigenvalue weighted by Crippen LogP contribution is -2.48. The Balaban J connectivity index is 1.39. The number of ether oxygens (including phenoxy) is 3. The fourth-order valence-electron chi connectivity index (χ4n) is 3.83. The van der Waals surface area contributed by atoms with Crippen LogP contribution in [0, 0.1) is 0 Å². The summed E-state index contributed by atoms with van der Waals surface area (Å²) in [6.45, 7) is 3.64. The topological polar surface area (TPSA) is 64.1 Å². The molecular weight excluding hydrogens is 426 g/mol. The van der Waals surface area contributed by atoms with Crippen LogP contribution < -0.4 is 14.2 Å². The Morgan fingerprint density at radius 3 is 2.44 bits per heavy atom. The first-order chi connectivity index (χ1) is 15.6. The molecule has 1 aromatic heterocycles. The normalized spacial score (nSPS) is 14.3. The average molecular weight is 454 g/mol. The molecule has 4 rings (SSSR count). The van der Waals surface area contributed by atoms with Crippen LogP contribution in [0.15, 0.2) is 47.8 Å². The summed E-state index contributed by atoms with van der Waals surface area (Å²) in [5, 5.41) is 2.62. The number of carbonyl (C=O) groups excluding carboxylic acids is 1. The van der Waals surface area contributed by atoms with Crippen molar-refractivity contribution in [3.05, 3.63) is 59.1 Å². The third-order valence-corrected chi connectivity index (χ3v) is 6.48. The first-order valence-corrected chi connectivity index (χ1v) is 11.3. The molecule has 0 saturated carbocycles. The van der Waals surface area contributed by atoms with E-state index < -0.39 is 0 Å². The predicted octanol–water partition coefficient (Wildman–Crippen LogP) is 3.79. The van der Waals surface area contributed by atoms with Crippen molar-refractivity contribution in [2.45, 2.75) is 6.54 Å². The molecule has 0 unspecified atom stereocenters. The monoisotopic (exact) mass is 453 g/mol. The van der Waals surface area contributed by atoms with Gasteiger partial charge < -0.3 is 19.1 Å². The number of benzene rings is 2. The molecule has 8 heteroatoms. The van der Waals surface area contributed by atoms with Crippen molar-refractivity contribution in [2.75, 3.05) is 47.5 Å². The molecule has 0 N–H and O–H groups in total. The molecule has 3 aromatic rings. The minimum Gasteiger partial charge on any atom is -0.497 e. The van der Waals surface area contributed by atoms with Crippen molar-refractivity contribution >= 4 is 17.2 Å². The molecule has 168 valence electrons. The van der Waals surface area contributed by atoms with Crippen molar-refractivity contribution in [1.82, 2.24) is 14.8 Å². The zero-order valence-electron chi connectivity index (χ0n) is 18.5. The second-order valence-electron chi connectivity index (χ2n) is 7.48. The molecule has 1 aliphatic heterocycles. The molecule has 2 aromatic carbocycles. The molecule has 1 amide bonds. The standard InChI is InChI=1S/C24H27N3O4S/c1-29-18-8-9-21(30-2)17(14-18)15-26-10-12-27(13-11-26)24(28)20-16-32-23(25-20)19-6-4-5-7-22(19)31-3/h4-9,14,16H,10-13,15H2,1-3H3. The van der Waals surface area contributed by atoms with Crippen molar-refractivity contribution in [3.63, 3.8) is 0 Å². The van der Waals surface area contributed by atoms with Gasteiger partial charge in [-0.05, 0) is 30.3 Å². The number of thiazole rings is 1. The van der Waals surface area contributed by atoms with Crippen LogP contribution in [0.1, 0.15) is 16.1 Å². The smallest absolute Gasteiger partial charge is 0.273 e. The number of carbonyl (C=O) groups is 1. The summed E-state index contributed by atoms with van der Waals surface area (Å²) >= 11 is 1.46. The van der Waals surface area contributed by atoms with Gasteiger partial charge in [0.2, 0.25) is 0 Å². The van der Waals surface area contributed by atoms with Crippen LogP contribution in [0.3, 0.4) is 0 Å². The number of hydrogen-bond acceptors (Lipinski definition) is 7. The molecule has 0 aliphatic carbocycles. The molecule has 1 saturated heterocycles. The fraction of sp³-hybridized carbons (Fsp3) is 0.333. The van der Waals surface area contributed by atoms with Gasteiger partial charge in [-0.25, -0.2) is 4.98 Å². The maximum Gasteiger partial charge on any atom is 0.273 e. The SMILES string of the molecule is COc1ccc(OC)c(CN2CCN(C(=O)c3csc(-c4ccccc4OC)n3)CC2)c1. The predicted molar refractivity (Wildman–Crippen MR) is 125 cm³/mol. The number of aromatic nitrogens is 1. The highest BCUT2D eigenvalue weighted by Crippen LogP contribution is 2.32. The van der Waals surface area contributed by atoms with Gasteiger partial charge in [-0.2, -0.15) is 0 Å². The van der Waals surface area contributed by atoms with Crippen molar-refractivity contribution < 1.29 is 19.0 Å². The lowest BCUT2D eigenvalue weighted by atomic mass is 10.1. The summed E-state index contributed by atoms with van der Waals surface area (Å²) in [6.07, 6.45) is 0. The number of rotatable bonds is 7. The van der Waals surface area contributed by atoms with E-state index in [1.807, 2.05) is 52.7 Å². The number of para-hydroxylation sites is 1. The van der Waals surface area contributed by atoms with Gasteiger partial charge in [0.15, 0.2) is 0 Å². The summed E-state index contributed by atoms with van der Waals surface area (Å²) in [5.41, 5.74) is 2.46. The highest BCUT2D eigenvalue weighted by atomic mass is 32.1. The number of nitrogens with zero attached hydrogens (tertiary/aromatic N) is 3. The minimum atomic E-state index is -0.0268. The summed E-state index contributed by atoms with van der Waals surface area (Å²) in [7, 11) is 4.97. The second-order valence-corrected chi connectivity index (χ2v) is 8.34. The summed E-state index contributed by atoms with van der Waals surface area (Å²) < 4.78 is 16.3. The van der Waals surface area contributed by atoms with E-state index in [0.29, 0.717) is 18.8 Å². The first-order valence-electron chi connectivity index (χ1n) is 10.4. The Morgan fingerprint density at radius 1 is 0.969 bits per heavy atom. The van der Waals surface area contributed by atoms with E-state index in [-0.39, 0.29) is 5.91 Å². The fourth-order valence-corrected chi connectivity index (χ4v) is 4.66. The zero-order valence-corrected chi connectivity index (χ0v) is 19.4. The number of hydrogen-bond donors (Lipinski definition) is 0. The van der Waals surface area contributed by atoms with E-state index in [1.54, 1.807) is 21.3 Å². The highest BCUT2D eigenvalue weighted by molar-refractivity contribution is 7.13. The maximum atomic E-state index is 13.0. The largest absolute Gasteiger partial charge is 0.497 e. The Morgan fingerprint density at radius 2 is 1.72 bits per heavy atom. The van der Waals surface area contributed by atoms with Gasteiger partial charge in [0.25, 0.3) is 5.91 Å². The average Bonchev–Trinajstić information content (AvgIpc) is 3.34. The van der Waals surface area contributed by atoms with E-state index in [1.165, 1.54) is 11.3 Å². The van der Waals surface area contributed by atoms with Gasteiger partial charge in [-0.3, -0.25) is 9.69 Å². The Kier molecular flexibility index (Phi) is 6.92. The third-order valence-electron chi connectivity index (χ3n) is 5.60. The molecule has 0 bridgehead atoms. The van der Waals surface area contributed by atoms with Crippen molar-refractivity contribution in [2.24, 2.45) is 0 Å². The lowest BCUT2D eigenvalue weighted by molar-refractivity contribution is 0.0622. The van der Waals surface area contributed by atoms with E-state index in [9.17, 15) is 4.79 Å². The molecule has 32 heavy (non-hydrogen) atoms. The number of amides is 1. The molecule has 2 heterocycles. The Bertz CT molecular complexity index is 1080. The van der Waals surface area contributed by atoms with E-state index in [4.69, 9.17) is 14.2 Å². The van der Waals surface area contributed by atoms with Gasteiger partial charge in [-0.15, -0.1) is 11.3 Å². The lowest BCUT2D eigenvalue weighted by Gasteiger charge is -2.34. The van der Waals surface area contributed by atoms with E-state index in [2.05, 4.69) is 9.88 Å². The van der Waals surface area contributed by atoms with Crippen molar-refractivity contribution in [1.29, 1.82) is 0 Å². The quantitative estimate of drug-likeness (QED) is 0.542. The second kappa shape index (κ2) is 10.0. The molecule has 0 radical (unpaired) electrons. The molecule has 0 atom stereocenters. The molecule has 1 fully saturated rings. The van der Waals surface area contributed by atoms with Crippen molar-refractivity contribution in [3.8, 4) is 27.8 Å². The van der Waals surface area contributed by atoms with Crippen LogP contribution in [0.2, 0.25) is 0 Å². The van der Waals surface area contributed by atoms with Gasteiger partial charge >= 0.3 is 0 Å². The molecule has 1 aliphatic rings. The van der Waals surface area contributed by atoms with Gasteiger partial charge in [0, 0.05) is 43.7 Å². The van der Waals surface area contributed by atoms with Gasteiger partial charge in [0.1, 0.15) is 28.0 Å². The first kappa shape index (κ1) is 22.1. The van der Waals surface area contributed by atoms with Gasteiger partial charge in [0.05, 0.1) is 26.9 Å². The molecule has 0 spiro atoms.